The second-order valence-electron chi connectivity index (χ2n) is 8.28. The van der Waals surface area contributed by atoms with Gasteiger partial charge in [-0.05, 0) is 44.4 Å². The molecule has 200 valence electrons. The van der Waals surface area contributed by atoms with Crippen molar-refractivity contribution in [3.8, 4) is 5.75 Å². The van der Waals surface area contributed by atoms with Gasteiger partial charge in [-0.2, -0.15) is 0 Å². The number of aliphatic carboxylic acids is 1. The number of hydrogen-bond acceptors (Lipinski definition) is 8. The lowest BCUT2D eigenvalue weighted by atomic mass is 10.0. The highest BCUT2D eigenvalue weighted by Crippen LogP contribution is 2.12. The largest absolute Gasteiger partial charge is 0.508 e. The van der Waals surface area contributed by atoms with Crippen molar-refractivity contribution in [3.63, 3.8) is 0 Å². The molecule has 5 atom stereocenters. The number of amides is 3. The average molecular weight is 510 g/mol. The van der Waals surface area contributed by atoms with Crippen LogP contribution < -0.4 is 33.2 Å². The maximum absolute atomic E-state index is 12.7. The minimum Gasteiger partial charge on any atom is -0.508 e. The molecule has 12 N–H and O–H groups in total. The quantitative estimate of drug-likeness (QED) is 0.0709. The molecular formula is C22H35N7O7. The van der Waals surface area contributed by atoms with E-state index in [-0.39, 0.29) is 31.1 Å². The van der Waals surface area contributed by atoms with E-state index in [4.69, 9.17) is 17.2 Å². The summed E-state index contributed by atoms with van der Waals surface area (Å²) in [6.45, 7) is 2.89. The molecule has 0 aliphatic rings. The second-order valence-corrected chi connectivity index (χ2v) is 8.28. The standard InChI is InChI=1S/C22H35N7O7/c1-11(27-19(33)15(23)4-3-9-26-22(24)25)18(32)29-17(12(2)30)20(34)28-16(21(35)36)10-13-5-7-14(31)8-6-13/h5-8,11-12,15-17,30-31H,3-4,9-10,23H2,1-2H3,(H,27,33)(H,28,34)(H,29,32)(H,35,36)(H4,24,25,26). The lowest BCUT2D eigenvalue weighted by Crippen LogP contribution is -2.59. The number of nitrogens with one attached hydrogen (secondary N) is 3. The van der Waals surface area contributed by atoms with Gasteiger partial charge in [0.2, 0.25) is 17.7 Å². The maximum Gasteiger partial charge on any atom is 0.326 e. The van der Waals surface area contributed by atoms with Gasteiger partial charge in [-0.1, -0.05) is 12.1 Å². The molecule has 1 aromatic rings. The lowest BCUT2D eigenvalue weighted by Gasteiger charge is -2.25. The second kappa shape index (κ2) is 14.5. The molecule has 36 heavy (non-hydrogen) atoms. The molecule has 0 radical (unpaired) electrons. The fourth-order valence-electron chi connectivity index (χ4n) is 3.05. The van der Waals surface area contributed by atoms with Crippen molar-refractivity contribution < 1.29 is 34.5 Å². The predicted octanol–water partition coefficient (Wildman–Crippen LogP) is -2.74. The Morgan fingerprint density at radius 2 is 1.58 bits per heavy atom. The Bertz CT molecular complexity index is 933. The van der Waals surface area contributed by atoms with Crippen LogP contribution in [0.1, 0.15) is 32.3 Å². The molecule has 14 heteroatoms. The van der Waals surface area contributed by atoms with Gasteiger partial charge in [-0.25, -0.2) is 4.79 Å². The molecule has 14 nitrogen and oxygen atoms in total. The van der Waals surface area contributed by atoms with Crippen molar-refractivity contribution in [2.45, 2.75) is 63.4 Å². The van der Waals surface area contributed by atoms with Crippen LogP contribution in [0.15, 0.2) is 29.3 Å². The molecular weight excluding hydrogens is 474 g/mol. The summed E-state index contributed by atoms with van der Waals surface area (Å²) in [4.78, 5) is 52.9. The van der Waals surface area contributed by atoms with Crippen molar-refractivity contribution in [1.82, 2.24) is 16.0 Å². The number of aliphatic imine (C=N–C) groups is 1. The molecule has 0 saturated carbocycles. The topological polar surface area (TPSA) is 255 Å². The smallest absolute Gasteiger partial charge is 0.326 e. The highest BCUT2D eigenvalue weighted by molar-refractivity contribution is 5.94. The van der Waals surface area contributed by atoms with Gasteiger partial charge in [-0.3, -0.25) is 19.4 Å². The van der Waals surface area contributed by atoms with Gasteiger partial charge < -0.3 is 48.5 Å². The van der Waals surface area contributed by atoms with Gasteiger partial charge in [0, 0.05) is 13.0 Å². The first-order valence-corrected chi connectivity index (χ1v) is 11.2. The first-order valence-electron chi connectivity index (χ1n) is 11.2. The fourth-order valence-corrected chi connectivity index (χ4v) is 3.05. The summed E-state index contributed by atoms with van der Waals surface area (Å²) < 4.78 is 0. The zero-order valence-corrected chi connectivity index (χ0v) is 20.2. The van der Waals surface area contributed by atoms with Gasteiger partial charge in [-0.15, -0.1) is 0 Å². The molecule has 0 saturated heterocycles. The third-order valence-corrected chi connectivity index (χ3v) is 5.11. The van der Waals surface area contributed by atoms with Crippen LogP contribution in [0.25, 0.3) is 0 Å². The number of rotatable bonds is 14. The van der Waals surface area contributed by atoms with Gasteiger partial charge in [0.15, 0.2) is 5.96 Å². The summed E-state index contributed by atoms with van der Waals surface area (Å²) in [7, 11) is 0. The minimum absolute atomic E-state index is 0.000322. The molecule has 1 aromatic carbocycles. The fraction of sp³-hybridized carbons (Fsp3) is 0.500. The van der Waals surface area contributed by atoms with Crippen molar-refractivity contribution in [2.24, 2.45) is 22.2 Å². The lowest BCUT2D eigenvalue weighted by molar-refractivity contribution is -0.143. The maximum atomic E-state index is 12.7. The highest BCUT2D eigenvalue weighted by Gasteiger charge is 2.31. The summed E-state index contributed by atoms with van der Waals surface area (Å²) >= 11 is 0. The molecule has 0 spiro atoms. The van der Waals surface area contributed by atoms with E-state index in [1.165, 1.54) is 38.1 Å². The van der Waals surface area contributed by atoms with Crippen molar-refractivity contribution in [2.75, 3.05) is 6.54 Å². The third-order valence-electron chi connectivity index (χ3n) is 5.11. The van der Waals surface area contributed by atoms with Crippen LogP contribution in [0.5, 0.6) is 5.75 Å². The van der Waals surface area contributed by atoms with Gasteiger partial charge in [0.05, 0.1) is 12.1 Å². The Hall–Kier alpha value is -3.91. The van der Waals surface area contributed by atoms with Gasteiger partial charge >= 0.3 is 5.97 Å². The molecule has 0 aliphatic carbocycles. The number of hydrogen-bond donors (Lipinski definition) is 9. The SMILES string of the molecule is CC(NC(=O)C(N)CCCN=C(N)N)C(=O)NC(C(=O)NC(Cc1ccc(O)cc1)C(=O)O)C(C)O. The van der Waals surface area contributed by atoms with Crippen LogP contribution in [0, 0.1) is 0 Å². The monoisotopic (exact) mass is 509 g/mol. The molecule has 0 fully saturated rings. The van der Waals surface area contributed by atoms with E-state index in [9.17, 15) is 34.5 Å². The minimum atomic E-state index is -1.49. The van der Waals surface area contributed by atoms with E-state index >= 15 is 0 Å². The number of carbonyl (C=O) groups excluding carboxylic acids is 3. The zero-order valence-electron chi connectivity index (χ0n) is 20.2. The van der Waals surface area contributed by atoms with Crippen molar-refractivity contribution >= 4 is 29.7 Å². The molecule has 0 bridgehead atoms. The van der Waals surface area contributed by atoms with Crippen LogP contribution in [0.3, 0.4) is 0 Å². The van der Waals surface area contributed by atoms with Crippen LogP contribution >= 0.6 is 0 Å². The molecule has 1 rings (SSSR count). The number of carboxylic acid groups (broad SMARTS) is 1. The summed E-state index contributed by atoms with van der Waals surface area (Å²) in [6.07, 6.45) is -0.785. The number of nitrogens with two attached hydrogens (primary N) is 3. The Kier molecular flexibility index (Phi) is 12.1. The van der Waals surface area contributed by atoms with Crippen molar-refractivity contribution in [1.29, 1.82) is 0 Å². The number of aliphatic hydroxyl groups excluding tert-OH is 1. The van der Waals surface area contributed by atoms with Crippen LogP contribution in [0.4, 0.5) is 0 Å². The van der Waals surface area contributed by atoms with Crippen LogP contribution in [0.2, 0.25) is 0 Å². The average Bonchev–Trinajstić information content (AvgIpc) is 2.80. The Labute approximate surface area is 208 Å². The van der Waals surface area contributed by atoms with E-state index < -0.39 is 54.0 Å². The van der Waals surface area contributed by atoms with Crippen molar-refractivity contribution in [3.05, 3.63) is 29.8 Å². The summed E-state index contributed by atoms with van der Waals surface area (Å²) in [5.41, 5.74) is 16.8. The number of carboxylic acids is 1. The number of phenolic OH excluding ortho intramolecular Hbond substituents is 1. The first-order chi connectivity index (χ1) is 16.8. The van der Waals surface area contributed by atoms with Crippen LogP contribution in [-0.2, 0) is 25.6 Å². The van der Waals surface area contributed by atoms with E-state index in [0.717, 1.165) is 0 Å². The molecule has 0 aliphatic heterocycles. The van der Waals surface area contributed by atoms with Gasteiger partial charge in [0.25, 0.3) is 0 Å². The summed E-state index contributed by atoms with van der Waals surface area (Å²) in [5.74, 6) is -3.74. The first kappa shape index (κ1) is 30.1. The molecule has 3 amide bonds. The molecule has 0 aromatic heterocycles. The number of phenols is 1. The van der Waals surface area contributed by atoms with E-state index in [2.05, 4.69) is 20.9 Å². The molecule has 5 unspecified atom stereocenters. The predicted molar refractivity (Wildman–Crippen MR) is 130 cm³/mol. The van der Waals surface area contributed by atoms with Gasteiger partial charge in [0.1, 0.15) is 23.9 Å². The zero-order chi connectivity index (χ0) is 27.4. The Morgan fingerprint density at radius 3 is 2.11 bits per heavy atom. The Balaban J connectivity index is 2.71. The number of guanidine groups is 1. The number of aliphatic hydroxyl groups is 1. The Morgan fingerprint density at radius 1 is 0.972 bits per heavy atom. The van der Waals surface area contributed by atoms with E-state index in [1.54, 1.807) is 0 Å². The van der Waals surface area contributed by atoms with E-state index in [0.29, 0.717) is 12.0 Å². The van der Waals surface area contributed by atoms with E-state index in [1.807, 2.05) is 0 Å². The third kappa shape index (κ3) is 10.6. The number of benzene rings is 1. The number of carbonyl (C=O) groups is 4. The molecule has 0 heterocycles. The summed E-state index contributed by atoms with van der Waals surface area (Å²) in [5, 5.41) is 35.9. The highest BCUT2D eigenvalue weighted by atomic mass is 16.4. The normalized spacial score (nSPS) is 14.9. The number of nitrogens with zero attached hydrogens (tertiary/aromatic N) is 1. The summed E-state index contributed by atoms with van der Waals surface area (Å²) in [6, 6.07) is 0.856. The number of aromatic hydroxyl groups is 1. The van der Waals surface area contributed by atoms with Crippen LogP contribution in [-0.4, -0.2) is 81.8 Å².